The van der Waals surface area contributed by atoms with E-state index in [1.165, 1.54) is 0 Å². The van der Waals surface area contributed by atoms with Crippen molar-refractivity contribution in [3.05, 3.63) is 23.8 Å². The molecule has 0 bridgehead atoms. The van der Waals surface area contributed by atoms with Crippen LogP contribution in [0.15, 0.2) is 18.2 Å². The van der Waals surface area contributed by atoms with Gasteiger partial charge in [0.15, 0.2) is 11.5 Å². The number of hydrogen-bond acceptors (Lipinski definition) is 4. The van der Waals surface area contributed by atoms with Crippen molar-refractivity contribution >= 4 is 0 Å². The zero-order chi connectivity index (χ0) is 13.5. The predicted molar refractivity (Wildman–Crippen MR) is 72.1 cm³/mol. The second-order valence-electron chi connectivity index (χ2n) is 4.37. The molecule has 1 rings (SSSR count). The van der Waals surface area contributed by atoms with Crippen LogP contribution in [-0.2, 0) is 11.3 Å². The van der Waals surface area contributed by atoms with Gasteiger partial charge < -0.3 is 14.6 Å². The number of ether oxygens (including phenoxy) is 2. The number of hydrogen-bond donors (Lipinski definition) is 1. The summed E-state index contributed by atoms with van der Waals surface area (Å²) in [5.74, 6) is 0.692. The first kappa shape index (κ1) is 14.8. The molecule has 4 nitrogen and oxygen atoms in total. The first-order valence-corrected chi connectivity index (χ1v) is 6.21. The molecule has 0 heterocycles. The number of methoxy groups -OCH3 is 2. The maximum Gasteiger partial charge on any atom is 0.160 e. The van der Waals surface area contributed by atoms with Crippen molar-refractivity contribution in [1.29, 1.82) is 0 Å². The highest BCUT2D eigenvalue weighted by Crippen LogP contribution is 2.27. The van der Waals surface area contributed by atoms with Gasteiger partial charge in [-0.3, -0.25) is 4.90 Å². The lowest BCUT2D eigenvalue weighted by Gasteiger charge is -2.27. The molecule has 102 valence electrons. The molecule has 1 unspecified atom stereocenters. The number of benzene rings is 1. The number of phenols is 1. The van der Waals surface area contributed by atoms with E-state index in [0.29, 0.717) is 18.4 Å². The smallest absolute Gasteiger partial charge is 0.160 e. The molecule has 0 aromatic heterocycles. The Kier molecular flexibility index (Phi) is 5.95. The van der Waals surface area contributed by atoms with Crippen molar-refractivity contribution in [3.63, 3.8) is 0 Å². The zero-order valence-electron chi connectivity index (χ0n) is 11.6. The highest BCUT2D eigenvalue weighted by molar-refractivity contribution is 5.41. The molecule has 0 aliphatic rings. The number of rotatable bonds is 7. The quantitative estimate of drug-likeness (QED) is 0.809. The molecule has 1 atom stereocenters. The fourth-order valence-electron chi connectivity index (χ4n) is 1.98. The summed E-state index contributed by atoms with van der Waals surface area (Å²) in [7, 11) is 3.28. The topological polar surface area (TPSA) is 41.9 Å². The summed E-state index contributed by atoms with van der Waals surface area (Å²) >= 11 is 0. The van der Waals surface area contributed by atoms with Crippen molar-refractivity contribution in [2.45, 2.75) is 26.4 Å². The van der Waals surface area contributed by atoms with Crippen LogP contribution >= 0.6 is 0 Å². The van der Waals surface area contributed by atoms with E-state index in [9.17, 15) is 5.11 Å². The third-order valence-electron chi connectivity index (χ3n) is 3.07. The average molecular weight is 253 g/mol. The van der Waals surface area contributed by atoms with Gasteiger partial charge in [0, 0.05) is 19.7 Å². The van der Waals surface area contributed by atoms with Crippen molar-refractivity contribution in [1.82, 2.24) is 4.90 Å². The molecular formula is C14H23NO3. The second-order valence-corrected chi connectivity index (χ2v) is 4.37. The molecule has 0 spiro atoms. The van der Waals surface area contributed by atoms with Gasteiger partial charge in [-0.2, -0.15) is 0 Å². The van der Waals surface area contributed by atoms with Crippen LogP contribution in [0, 0.1) is 0 Å². The summed E-state index contributed by atoms with van der Waals surface area (Å²) in [6.07, 6.45) is 0. The predicted octanol–water partition coefficient (Wildman–Crippen LogP) is 2.26. The van der Waals surface area contributed by atoms with Crippen LogP contribution in [0.2, 0.25) is 0 Å². The van der Waals surface area contributed by atoms with Crippen molar-refractivity contribution in [2.75, 3.05) is 27.4 Å². The Morgan fingerprint density at radius 2 is 2.06 bits per heavy atom. The number of aromatic hydroxyl groups is 1. The van der Waals surface area contributed by atoms with E-state index in [4.69, 9.17) is 9.47 Å². The van der Waals surface area contributed by atoms with Crippen LogP contribution in [0.3, 0.4) is 0 Å². The fraction of sp³-hybridized carbons (Fsp3) is 0.571. The van der Waals surface area contributed by atoms with E-state index >= 15 is 0 Å². The Balaban J connectivity index is 2.75. The summed E-state index contributed by atoms with van der Waals surface area (Å²) in [6, 6.07) is 5.82. The van der Waals surface area contributed by atoms with Gasteiger partial charge in [-0.25, -0.2) is 0 Å². The lowest BCUT2D eigenvalue weighted by atomic mass is 10.1. The summed E-state index contributed by atoms with van der Waals surface area (Å²) in [5.41, 5.74) is 1.12. The van der Waals surface area contributed by atoms with E-state index in [0.717, 1.165) is 18.7 Å². The van der Waals surface area contributed by atoms with Gasteiger partial charge in [0.2, 0.25) is 0 Å². The minimum absolute atomic E-state index is 0.175. The summed E-state index contributed by atoms with van der Waals surface area (Å²) in [6.45, 7) is 6.75. The SMILES string of the molecule is CCN(Cc1ccc(O)c(OC)c1)C(C)COC. The van der Waals surface area contributed by atoms with Crippen LogP contribution in [-0.4, -0.2) is 43.4 Å². The minimum Gasteiger partial charge on any atom is -0.504 e. The number of phenolic OH excluding ortho intramolecular Hbond substituents is 1. The molecule has 4 heteroatoms. The molecule has 0 fully saturated rings. The Morgan fingerprint density at radius 1 is 1.33 bits per heavy atom. The highest BCUT2D eigenvalue weighted by atomic mass is 16.5. The summed E-state index contributed by atoms with van der Waals surface area (Å²) in [4.78, 5) is 2.31. The number of nitrogens with zero attached hydrogens (tertiary/aromatic N) is 1. The monoisotopic (exact) mass is 253 g/mol. The van der Waals surface area contributed by atoms with Gasteiger partial charge in [-0.15, -0.1) is 0 Å². The fourth-order valence-corrected chi connectivity index (χ4v) is 1.98. The first-order valence-electron chi connectivity index (χ1n) is 6.21. The van der Waals surface area contributed by atoms with E-state index < -0.39 is 0 Å². The summed E-state index contributed by atoms with van der Waals surface area (Å²) in [5, 5.41) is 9.56. The van der Waals surface area contributed by atoms with Crippen LogP contribution < -0.4 is 4.74 Å². The first-order chi connectivity index (χ1) is 8.62. The maximum atomic E-state index is 9.56. The summed E-state index contributed by atoms with van der Waals surface area (Å²) < 4.78 is 10.3. The van der Waals surface area contributed by atoms with Gasteiger partial charge in [0.1, 0.15) is 0 Å². The van der Waals surface area contributed by atoms with Crippen LogP contribution in [0.5, 0.6) is 11.5 Å². The lowest BCUT2D eigenvalue weighted by molar-refractivity contribution is 0.0981. The lowest BCUT2D eigenvalue weighted by Crippen LogP contribution is -2.35. The molecule has 0 saturated carbocycles. The molecule has 1 aromatic rings. The molecule has 0 saturated heterocycles. The molecular weight excluding hydrogens is 230 g/mol. The largest absolute Gasteiger partial charge is 0.504 e. The molecule has 0 radical (unpaired) electrons. The van der Waals surface area contributed by atoms with Crippen molar-refractivity contribution in [2.24, 2.45) is 0 Å². The molecule has 1 aromatic carbocycles. The molecule has 0 aliphatic carbocycles. The minimum atomic E-state index is 0.175. The normalized spacial score (nSPS) is 12.7. The van der Waals surface area contributed by atoms with E-state index in [1.807, 2.05) is 12.1 Å². The molecule has 0 amide bonds. The van der Waals surface area contributed by atoms with Crippen LogP contribution in [0.4, 0.5) is 0 Å². The van der Waals surface area contributed by atoms with E-state index in [1.54, 1.807) is 20.3 Å². The van der Waals surface area contributed by atoms with E-state index in [-0.39, 0.29) is 5.75 Å². The number of likely N-dealkylation sites (N-methyl/N-ethyl adjacent to an activating group) is 1. The highest BCUT2D eigenvalue weighted by Gasteiger charge is 2.13. The van der Waals surface area contributed by atoms with Gasteiger partial charge in [0.25, 0.3) is 0 Å². The van der Waals surface area contributed by atoms with Crippen LogP contribution in [0.25, 0.3) is 0 Å². The Bertz CT molecular complexity index is 368. The third kappa shape index (κ3) is 3.89. The zero-order valence-corrected chi connectivity index (χ0v) is 11.6. The van der Waals surface area contributed by atoms with Gasteiger partial charge >= 0.3 is 0 Å². The van der Waals surface area contributed by atoms with Crippen LogP contribution in [0.1, 0.15) is 19.4 Å². The van der Waals surface area contributed by atoms with Gasteiger partial charge in [-0.05, 0) is 31.2 Å². The molecule has 18 heavy (non-hydrogen) atoms. The maximum absolute atomic E-state index is 9.56. The van der Waals surface area contributed by atoms with Gasteiger partial charge in [-0.1, -0.05) is 13.0 Å². The van der Waals surface area contributed by atoms with Crippen molar-refractivity contribution < 1.29 is 14.6 Å². The molecule has 1 N–H and O–H groups in total. The Labute approximate surface area is 109 Å². The Morgan fingerprint density at radius 3 is 2.61 bits per heavy atom. The standard InChI is InChI=1S/C14H23NO3/c1-5-15(11(2)10-17-3)9-12-6-7-13(16)14(8-12)18-4/h6-8,11,16H,5,9-10H2,1-4H3. The second kappa shape index (κ2) is 7.24. The van der Waals surface area contributed by atoms with E-state index in [2.05, 4.69) is 18.7 Å². The average Bonchev–Trinajstić information content (AvgIpc) is 2.37. The Hall–Kier alpha value is -1.26. The molecule has 0 aliphatic heterocycles. The van der Waals surface area contributed by atoms with Crippen molar-refractivity contribution in [3.8, 4) is 11.5 Å². The third-order valence-corrected chi connectivity index (χ3v) is 3.07. The van der Waals surface area contributed by atoms with Gasteiger partial charge in [0.05, 0.1) is 13.7 Å².